The van der Waals surface area contributed by atoms with E-state index in [1.165, 1.54) is 0 Å². The lowest BCUT2D eigenvalue weighted by Crippen LogP contribution is -2.18. The molecule has 4 rings (SSSR count). The normalized spacial score (nSPS) is 14.2. The minimum atomic E-state index is -3.73. The molecule has 3 aromatic carbocycles. The molecule has 3 aromatic rings. The van der Waals surface area contributed by atoms with Crippen molar-refractivity contribution in [1.82, 2.24) is 0 Å². The molecule has 0 spiro atoms. The molecule has 0 saturated heterocycles. The Morgan fingerprint density at radius 3 is 2.37 bits per heavy atom. The Morgan fingerprint density at radius 2 is 1.71 bits per heavy atom. The molecule has 2 N–H and O–H groups in total. The molecule has 1 aliphatic rings. The molecule has 0 bridgehead atoms. The van der Waals surface area contributed by atoms with Crippen molar-refractivity contribution in [2.45, 2.75) is 11.9 Å². The Hall–Kier alpha value is -3.69. The van der Waals surface area contributed by atoms with Gasteiger partial charge in [-0.1, -0.05) is 36.9 Å². The fourth-order valence-electron chi connectivity index (χ4n) is 4.20. The maximum Gasteiger partial charge on any atom is 0.213 e. The predicted molar refractivity (Wildman–Crippen MR) is 133 cm³/mol. The van der Waals surface area contributed by atoms with Crippen molar-refractivity contribution >= 4 is 10.0 Å². The summed E-state index contributed by atoms with van der Waals surface area (Å²) in [7, 11) is 0.964. The lowest BCUT2D eigenvalue weighted by molar-refractivity contribution is 0.239. The molecular weight excluding hydrogens is 470 g/mol. The van der Waals surface area contributed by atoms with Crippen LogP contribution in [0.3, 0.4) is 0 Å². The predicted octanol–water partition coefficient (Wildman–Crippen LogP) is 4.21. The van der Waals surface area contributed by atoms with E-state index >= 15 is 0 Å². The number of nitrogens with two attached hydrogens (primary N) is 1. The third kappa shape index (κ3) is 4.91. The fraction of sp³-hybridized carbons (Fsp3) is 0.231. The second-order valence-electron chi connectivity index (χ2n) is 7.91. The number of ether oxygens (including phenoxy) is 5. The zero-order chi connectivity index (χ0) is 25.2. The van der Waals surface area contributed by atoms with Gasteiger partial charge in [-0.15, -0.1) is 0 Å². The van der Waals surface area contributed by atoms with E-state index in [2.05, 4.69) is 6.58 Å². The summed E-state index contributed by atoms with van der Waals surface area (Å²) in [5, 5.41) is 5.31. The maximum atomic E-state index is 11.8. The van der Waals surface area contributed by atoms with Gasteiger partial charge in [-0.2, -0.15) is 0 Å². The van der Waals surface area contributed by atoms with Gasteiger partial charge in [0.2, 0.25) is 10.0 Å². The molecule has 1 atom stereocenters. The molecule has 8 nitrogen and oxygen atoms in total. The van der Waals surface area contributed by atoms with Crippen molar-refractivity contribution in [3.05, 3.63) is 77.9 Å². The quantitative estimate of drug-likeness (QED) is 0.441. The summed E-state index contributed by atoms with van der Waals surface area (Å²) in [6.45, 7) is 4.00. The molecule has 0 fully saturated rings. The minimum absolute atomic E-state index is 0.300. The molecule has 0 saturated carbocycles. The highest BCUT2D eigenvalue weighted by Gasteiger charge is 2.32. The lowest BCUT2D eigenvalue weighted by Gasteiger charge is -2.31. The minimum Gasteiger partial charge on any atom is -0.493 e. The molecule has 0 amide bonds. The Labute approximate surface area is 204 Å². The summed E-state index contributed by atoms with van der Waals surface area (Å²) in [6.07, 6.45) is 1.10. The molecule has 1 aliphatic heterocycles. The Morgan fingerprint density at radius 1 is 0.971 bits per heavy atom. The highest BCUT2D eigenvalue weighted by atomic mass is 32.2. The zero-order valence-corrected chi connectivity index (χ0v) is 20.6. The fourth-order valence-corrected chi connectivity index (χ4v) is 4.84. The maximum absolute atomic E-state index is 11.8. The molecular formula is C26H27NO7S. The summed E-state index contributed by atoms with van der Waals surface area (Å²) in [5.41, 5.74) is 3.63. The first-order valence-corrected chi connectivity index (χ1v) is 12.5. The first-order chi connectivity index (χ1) is 16.8. The highest BCUT2D eigenvalue weighted by Crippen LogP contribution is 2.52. The number of methoxy groups -OCH3 is 3. The lowest BCUT2D eigenvalue weighted by atomic mass is 9.87. The second-order valence-corrected chi connectivity index (χ2v) is 9.53. The molecule has 0 aromatic heterocycles. The van der Waals surface area contributed by atoms with E-state index in [0.717, 1.165) is 16.7 Å². The van der Waals surface area contributed by atoms with Crippen LogP contribution in [0.15, 0.2) is 61.2 Å². The summed E-state index contributed by atoms with van der Waals surface area (Å²) in [4.78, 5) is 0. The Kier molecular flexibility index (Phi) is 6.90. The van der Waals surface area contributed by atoms with Crippen LogP contribution < -0.4 is 28.8 Å². The Balaban J connectivity index is 1.92. The van der Waals surface area contributed by atoms with E-state index in [4.69, 9.17) is 28.8 Å². The smallest absolute Gasteiger partial charge is 0.213 e. The van der Waals surface area contributed by atoms with Crippen molar-refractivity contribution in [1.29, 1.82) is 0 Å². The van der Waals surface area contributed by atoms with Crippen LogP contribution >= 0.6 is 0 Å². The van der Waals surface area contributed by atoms with Crippen LogP contribution in [0.1, 0.15) is 22.8 Å². The van der Waals surface area contributed by atoms with Gasteiger partial charge in [0.25, 0.3) is 0 Å². The third-order valence-electron chi connectivity index (χ3n) is 5.63. The first kappa shape index (κ1) is 24.4. The standard InChI is InChI=1S/C26H27NO7S/c1-5-12-33-22-11-10-21-24(26(22)32-4)18-8-6-16(15-35(27,28)29)13-19(18)25(34-21)17-7-9-20(30-2)23(14-17)31-3/h5-11,13-14,25H,1,12,15H2,2-4H3,(H2,27,28,29). The molecule has 184 valence electrons. The van der Waals surface area contributed by atoms with Crippen molar-refractivity contribution < 1.29 is 32.1 Å². The van der Waals surface area contributed by atoms with Gasteiger partial charge >= 0.3 is 0 Å². The van der Waals surface area contributed by atoms with Gasteiger partial charge in [-0.3, -0.25) is 0 Å². The monoisotopic (exact) mass is 497 g/mol. The van der Waals surface area contributed by atoms with E-state index in [1.807, 2.05) is 24.3 Å². The molecule has 1 heterocycles. The van der Waals surface area contributed by atoms with Crippen LogP contribution in [-0.2, 0) is 15.8 Å². The average Bonchev–Trinajstić information content (AvgIpc) is 2.84. The SMILES string of the molecule is C=CCOc1ccc2c(c1OC)-c1ccc(CS(N)(=O)=O)cc1C(c1ccc(OC)c(OC)c1)O2. The zero-order valence-electron chi connectivity index (χ0n) is 19.7. The van der Waals surface area contributed by atoms with Gasteiger partial charge in [0.15, 0.2) is 23.0 Å². The Bertz CT molecular complexity index is 1370. The summed E-state index contributed by atoms with van der Waals surface area (Å²) >= 11 is 0. The van der Waals surface area contributed by atoms with Gasteiger partial charge in [-0.05, 0) is 35.4 Å². The van der Waals surface area contributed by atoms with Gasteiger partial charge in [-0.25, -0.2) is 13.6 Å². The molecule has 1 unspecified atom stereocenters. The van der Waals surface area contributed by atoms with Crippen LogP contribution in [0.5, 0.6) is 28.7 Å². The van der Waals surface area contributed by atoms with Gasteiger partial charge in [0.1, 0.15) is 18.5 Å². The topological polar surface area (TPSA) is 106 Å². The number of fused-ring (bicyclic) bond motifs is 3. The van der Waals surface area contributed by atoms with Crippen molar-refractivity contribution in [3.63, 3.8) is 0 Å². The van der Waals surface area contributed by atoms with Crippen LogP contribution in [0.4, 0.5) is 0 Å². The van der Waals surface area contributed by atoms with E-state index in [-0.39, 0.29) is 5.75 Å². The van der Waals surface area contributed by atoms with Crippen molar-refractivity contribution in [2.24, 2.45) is 5.14 Å². The summed E-state index contributed by atoms with van der Waals surface area (Å²) in [5.74, 6) is 2.48. The number of benzene rings is 3. The summed E-state index contributed by atoms with van der Waals surface area (Å²) < 4.78 is 52.4. The van der Waals surface area contributed by atoms with Gasteiger partial charge in [0.05, 0.1) is 32.6 Å². The molecule has 0 aliphatic carbocycles. The van der Waals surface area contributed by atoms with Crippen LogP contribution in [-0.4, -0.2) is 36.4 Å². The van der Waals surface area contributed by atoms with E-state index in [1.54, 1.807) is 51.7 Å². The van der Waals surface area contributed by atoms with Crippen LogP contribution in [0.2, 0.25) is 0 Å². The van der Waals surface area contributed by atoms with E-state index in [0.29, 0.717) is 46.5 Å². The van der Waals surface area contributed by atoms with Crippen LogP contribution in [0.25, 0.3) is 11.1 Å². The molecule has 9 heteroatoms. The number of hydrogen-bond acceptors (Lipinski definition) is 7. The number of hydrogen-bond donors (Lipinski definition) is 1. The van der Waals surface area contributed by atoms with Crippen LogP contribution in [0, 0.1) is 0 Å². The summed E-state index contributed by atoms with van der Waals surface area (Å²) in [6, 6.07) is 14.5. The van der Waals surface area contributed by atoms with Crippen molar-refractivity contribution in [3.8, 4) is 39.9 Å². The van der Waals surface area contributed by atoms with Gasteiger partial charge in [0, 0.05) is 11.1 Å². The highest BCUT2D eigenvalue weighted by molar-refractivity contribution is 7.88. The largest absolute Gasteiger partial charge is 0.493 e. The van der Waals surface area contributed by atoms with E-state index in [9.17, 15) is 8.42 Å². The third-order valence-corrected chi connectivity index (χ3v) is 6.37. The van der Waals surface area contributed by atoms with E-state index < -0.39 is 16.1 Å². The first-order valence-electron chi connectivity index (χ1n) is 10.8. The number of sulfonamides is 1. The second kappa shape index (κ2) is 9.89. The average molecular weight is 498 g/mol. The van der Waals surface area contributed by atoms with Gasteiger partial charge < -0.3 is 23.7 Å². The number of primary sulfonamides is 1. The number of rotatable bonds is 9. The molecule has 0 radical (unpaired) electrons. The molecule has 35 heavy (non-hydrogen) atoms. The van der Waals surface area contributed by atoms with Crippen molar-refractivity contribution in [2.75, 3.05) is 27.9 Å².